The highest BCUT2D eigenvalue weighted by atomic mass is 32.2. The Hall–Kier alpha value is 0.190. The maximum absolute atomic E-state index is 9.07. The van der Waals surface area contributed by atoms with Gasteiger partial charge in [-0.2, -0.15) is 0 Å². The Morgan fingerprint density at radius 2 is 1.80 bits per heavy atom. The van der Waals surface area contributed by atoms with Gasteiger partial charge >= 0.3 is 0 Å². The van der Waals surface area contributed by atoms with Crippen LogP contribution in [0, 0.1) is 0 Å². The van der Waals surface area contributed by atoms with Gasteiger partial charge in [-0.1, -0.05) is 0 Å². The molecule has 1 aliphatic rings. The summed E-state index contributed by atoms with van der Waals surface area (Å²) < 4.78 is 4.83. The first-order valence-corrected chi connectivity index (χ1v) is 3.79. The largest absolute Gasteiger partial charge is 0.388 e. The van der Waals surface area contributed by atoms with E-state index in [2.05, 4.69) is 0 Å². The quantitative estimate of drug-likeness (QED) is 0.407. The van der Waals surface area contributed by atoms with E-state index in [-0.39, 0.29) is 0 Å². The van der Waals surface area contributed by atoms with Gasteiger partial charge in [0, 0.05) is 12.0 Å². The smallest absolute Gasteiger partial charge is 0.153 e. The van der Waals surface area contributed by atoms with Gasteiger partial charge in [0.1, 0.15) is 12.2 Å². The molecule has 0 bridgehead atoms. The first-order chi connectivity index (χ1) is 4.63. The molecule has 0 aliphatic carbocycles. The zero-order chi connectivity index (χ0) is 7.72. The summed E-state index contributed by atoms with van der Waals surface area (Å²) in [7, 11) is 0. The molecule has 0 aromatic heterocycles. The molecule has 1 fully saturated rings. The lowest BCUT2D eigenvalue weighted by Gasteiger charge is -2.31. The third-order valence-electron chi connectivity index (χ3n) is 1.43. The van der Waals surface area contributed by atoms with Crippen molar-refractivity contribution in [2.24, 2.45) is 0 Å². The van der Waals surface area contributed by atoms with Crippen molar-refractivity contribution in [3.05, 3.63) is 0 Å². The zero-order valence-corrected chi connectivity index (χ0v) is 6.28. The fourth-order valence-corrected chi connectivity index (χ4v) is 1.38. The second-order valence-electron chi connectivity index (χ2n) is 2.27. The molecule has 0 radical (unpaired) electrons. The van der Waals surface area contributed by atoms with Crippen molar-refractivity contribution in [3.8, 4) is 0 Å². The fraction of sp³-hybridized carbons (Fsp3) is 1.00. The van der Waals surface area contributed by atoms with E-state index in [0.717, 1.165) is 12.0 Å². The van der Waals surface area contributed by atoms with Crippen molar-refractivity contribution in [2.75, 3.05) is 0 Å². The van der Waals surface area contributed by atoms with Crippen molar-refractivity contribution in [3.63, 3.8) is 0 Å². The number of aliphatic hydroxyl groups is 3. The van der Waals surface area contributed by atoms with Crippen LogP contribution >= 0.6 is 12.0 Å². The van der Waals surface area contributed by atoms with Gasteiger partial charge in [0.25, 0.3) is 0 Å². The van der Waals surface area contributed by atoms with Crippen molar-refractivity contribution in [1.82, 2.24) is 0 Å². The van der Waals surface area contributed by atoms with E-state index in [9.17, 15) is 0 Å². The van der Waals surface area contributed by atoms with Gasteiger partial charge in [0.05, 0.1) is 6.10 Å². The van der Waals surface area contributed by atoms with Crippen LogP contribution in [-0.4, -0.2) is 39.1 Å². The highest BCUT2D eigenvalue weighted by molar-refractivity contribution is 7.95. The molecule has 1 saturated heterocycles. The lowest BCUT2D eigenvalue weighted by atomic mass is 10.1. The third-order valence-corrected chi connectivity index (χ3v) is 2.32. The van der Waals surface area contributed by atoms with Gasteiger partial charge in [-0.25, -0.2) is 0 Å². The van der Waals surface area contributed by atoms with E-state index in [1.165, 1.54) is 0 Å². The minimum atomic E-state index is -1.10. The zero-order valence-electron chi connectivity index (χ0n) is 5.47. The van der Waals surface area contributed by atoms with Crippen molar-refractivity contribution < 1.29 is 19.5 Å². The predicted molar refractivity (Wildman–Crippen MR) is 36.2 cm³/mol. The van der Waals surface area contributed by atoms with Crippen LogP contribution in [-0.2, 0) is 4.18 Å². The normalized spacial score (nSPS) is 49.2. The van der Waals surface area contributed by atoms with Crippen LogP contribution in [0.2, 0.25) is 0 Å². The Labute approximate surface area is 63.0 Å². The molecule has 0 aromatic carbocycles. The van der Waals surface area contributed by atoms with E-state index in [1.807, 2.05) is 0 Å². The minimum absolute atomic E-state index is 0.427. The Morgan fingerprint density at radius 3 is 2.30 bits per heavy atom. The Balaban J connectivity index is 2.52. The van der Waals surface area contributed by atoms with Crippen LogP contribution in [0.1, 0.15) is 6.92 Å². The van der Waals surface area contributed by atoms with Crippen molar-refractivity contribution in [2.45, 2.75) is 30.7 Å². The molecule has 1 rings (SSSR count). The average Bonchev–Trinajstić information content (AvgIpc) is 1.93. The molecule has 1 heterocycles. The van der Waals surface area contributed by atoms with Crippen LogP contribution in [0.15, 0.2) is 0 Å². The van der Waals surface area contributed by atoms with Gasteiger partial charge in [-0.05, 0) is 6.92 Å². The predicted octanol–water partition coefficient (Wildman–Crippen LogP) is -0.907. The first kappa shape index (κ1) is 8.29. The third kappa shape index (κ3) is 1.43. The summed E-state index contributed by atoms with van der Waals surface area (Å²) in [6, 6.07) is 0. The van der Waals surface area contributed by atoms with Crippen molar-refractivity contribution in [1.29, 1.82) is 0 Å². The van der Waals surface area contributed by atoms with Crippen LogP contribution in [0.25, 0.3) is 0 Å². The van der Waals surface area contributed by atoms with E-state index in [0.29, 0.717) is 0 Å². The second-order valence-corrected chi connectivity index (χ2v) is 3.14. The van der Waals surface area contributed by atoms with Gasteiger partial charge in [0.15, 0.2) is 5.44 Å². The molecular weight excluding hydrogens is 156 g/mol. The summed E-state index contributed by atoms with van der Waals surface area (Å²) in [5.41, 5.74) is -1.04. The molecular formula is C5H10O4S. The highest BCUT2D eigenvalue weighted by Gasteiger charge is 2.35. The molecule has 4 nitrogen and oxygen atoms in total. The highest BCUT2D eigenvalue weighted by Crippen LogP contribution is 2.26. The summed E-state index contributed by atoms with van der Waals surface area (Å²) in [5, 5.41) is 27.0. The lowest BCUT2D eigenvalue weighted by Crippen LogP contribution is -2.46. The van der Waals surface area contributed by atoms with Gasteiger partial charge < -0.3 is 19.5 Å². The molecule has 1 aliphatic heterocycles. The van der Waals surface area contributed by atoms with Crippen LogP contribution < -0.4 is 0 Å². The Bertz CT molecular complexity index is 106. The summed E-state index contributed by atoms with van der Waals surface area (Å²) in [5.74, 6) is 0. The summed E-state index contributed by atoms with van der Waals surface area (Å²) in [6.07, 6.45) is -2.52. The molecule has 0 aromatic rings. The van der Waals surface area contributed by atoms with E-state index < -0.39 is 23.7 Å². The SMILES string of the molecule is C[C@@H]1OS[C@H](O)[C@H](O)[C@H]1O. The van der Waals surface area contributed by atoms with E-state index in [4.69, 9.17) is 19.5 Å². The monoisotopic (exact) mass is 166 g/mol. The molecule has 10 heavy (non-hydrogen) atoms. The summed E-state index contributed by atoms with van der Waals surface area (Å²) >= 11 is 0.784. The van der Waals surface area contributed by atoms with Crippen LogP contribution in [0.3, 0.4) is 0 Å². The van der Waals surface area contributed by atoms with Gasteiger partial charge in [0.2, 0.25) is 0 Å². The minimum Gasteiger partial charge on any atom is -0.388 e. The van der Waals surface area contributed by atoms with Gasteiger partial charge in [-0.3, -0.25) is 0 Å². The maximum atomic E-state index is 9.07. The van der Waals surface area contributed by atoms with E-state index >= 15 is 0 Å². The fourth-order valence-electron chi connectivity index (χ4n) is 0.705. The second kappa shape index (κ2) is 3.06. The molecule has 0 saturated carbocycles. The topological polar surface area (TPSA) is 69.9 Å². The molecule has 4 atom stereocenters. The molecule has 0 unspecified atom stereocenters. The molecule has 0 spiro atoms. The Morgan fingerprint density at radius 1 is 1.20 bits per heavy atom. The molecule has 3 N–H and O–H groups in total. The van der Waals surface area contributed by atoms with Gasteiger partial charge in [-0.15, -0.1) is 0 Å². The summed E-state index contributed by atoms with van der Waals surface area (Å²) in [6.45, 7) is 1.63. The maximum Gasteiger partial charge on any atom is 0.153 e. The number of rotatable bonds is 0. The number of hydrogen-bond donors (Lipinski definition) is 3. The standard InChI is InChI=1S/C5H10O4S/c1-2-3(6)4(7)5(8)10-9-2/h2-8H,1H3/t2-,3-,4+,5-/m0/s1. The van der Waals surface area contributed by atoms with Crippen LogP contribution in [0.5, 0.6) is 0 Å². The molecule has 0 amide bonds. The summed E-state index contributed by atoms with van der Waals surface area (Å²) in [4.78, 5) is 0. The Kier molecular flexibility index (Phi) is 2.54. The van der Waals surface area contributed by atoms with E-state index in [1.54, 1.807) is 6.92 Å². The number of hydrogen-bond acceptors (Lipinski definition) is 5. The lowest BCUT2D eigenvalue weighted by molar-refractivity contribution is -0.0851. The number of aliphatic hydroxyl groups excluding tert-OH is 3. The average molecular weight is 166 g/mol. The molecule has 5 heteroatoms. The first-order valence-electron chi connectivity index (χ1n) is 2.99. The van der Waals surface area contributed by atoms with Crippen LogP contribution in [0.4, 0.5) is 0 Å². The molecule has 60 valence electrons. The van der Waals surface area contributed by atoms with Crippen molar-refractivity contribution >= 4 is 12.0 Å².